The van der Waals surface area contributed by atoms with Crippen molar-refractivity contribution >= 4 is 17.5 Å². The summed E-state index contributed by atoms with van der Waals surface area (Å²) in [5.74, 6) is -0.960. The zero-order valence-electron chi connectivity index (χ0n) is 9.84. The molecule has 6 nitrogen and oxygen atoms in total. The third kappa shape index (κ3) is 3.06. The Morgan fingerprint density at radius 3 is 2.53 bits per heavy atom. The third-order valence-electron chi connectivity index (χ3n) is 2.45. The van der Waals surface area contributed by atoms with Gasteiger partial charge in [0.25, 0.3) is 5.91 Å². The van der Waals surface area contributed by atoms with Crippen LogP contribution in [0, 0.1) is 0 Å². The van der Waals surface area contributed by atoms with Gasteiger partial charge in [-0.25, -0.2) is 0 Å². The van der Waals surface area contributed by atoms with Crippen molar-refractivity contribution < 1.29 is 9.59 Å². The zero-order chi connectivity index (χ0) is 13.8. The maximum absolute atomic E-state index is 11.9. The molecule has 2 aromatic rings. The second-order valence-corrected chi connectivity index (χ2v) is 3.84. The Labute approximate surface area is 108 Å². The lowest BCUT2D eigenvalue weighted by Gasteiger charge is -2.05. The first-order valence-electron chi connectivity index (χ1n) is 5.46. The number of primary amides is 1. The van der Waals surface area contributed by atoms with E-state index in [-0.39, 0.29) is 5.56 Å². The highest BCUT2D eigenvalue weighted by atomic mass is 16.2. The number of hydrogen-bond donors (Lipinski definition) is 3. The van der Waals surface area contributed by atoms with Crippen molar-refractivity contribution in [2.24, 2.45) is 5.73 Å². The maximum Gasteiger partial charge on any atom is 0.257 e. The molecule has 0 radical (unpaired) electrons. The van der Waals surface area contributed by atoms with Crippen molar-refractivity contribution in [1.29, 1.82) is 0 Å². The van der Waals surface area contributed by atoms with Gasteiger partial charge in [-0.05, 0) is 24.3 Å². The molecule has 0 unspecified atom stereocenters. The molecule has 1 aromatic heterocycles. The molecule has 96 valence electrons. The predicted octanol–water partition coefficient (Wildman–Crippen LogP) is 0.726. The van der Waals surface area contributed by atoms with E-state index in [1.165, 1.54) is 24.4 Å². The van der Waals surface area contributed by atoms with E-state index in [0.717, 1.165) is 0 Å². The molecule has 0 saturated carbocycles. The molecule has 1 heterocycles. The van der Waals surface area contributed by atoms with Gasteiger partial charge in [0.15, 0.2) is 0 Å². The molecule has 2 rings (SSSR count). The molecule has 4 N–H and O–H groups in total. The number of aromatic nitrogens is 1. The Balaban J connectivity index is 2.19. The van der Waals surface area contributed by atoms with Crippen LogP contribution in [0.25, 0.3) is 0 Å². The van der Waals surface area contributed by atoms with Gasteiger partial charge < -0.3 is 16.0 Å². The van der Waals surface area contributed by atoms with Crippen LogP contribution in [0.5, 0.6) is 0 Å². The Morgan fingerprint density at radius 2 is 1.89 bits per heavy atom. The zero-order valence-corrected chi connectivity index (χ0v) is 9.84. The van der Waals surface area contributed by atoms with Gasteiger partial charge in [0.1, 0.15) is 0 Å². The van der Waals surface area contributed by atoms with E-state index in [2.05, 4.69) is 10.3 Å². The van der Waals surface area contributed by atoms with E-state index < -0.39 is 11.8 Å². The number of H-pyrrole nitrogens is 1. The van der Waals surface area contributed by atoms with Crippen LogP contribution in [0.4, 0.5) is 5.69 Å². The normalized spacial score (nSPS) is 9.89. The number of carbonyl (C=O) groups excluding carboxylic acids is 2. The molecule has 1 aromatic carbocycles. The SMILES string of the molecule is NC(=O)c1cccc(NC(=O)c2ccc(=O)[nH]c2)c1. The van der Waals surface area contributed by atoms with Crippen molar-refractivity contribution in [3.63, 3.8) is 0 Å². The lowest BCUT2D eigenvalue weighted by atomic mass is 10.2. The smallest absolute Gasteiger partial charge is 0.257 e. The first-order chi connectivity index (χ1) is 9.06. The van der Waals surface area contributed by atoms with Crippen LogP contribution in [0.2, 0.25) is 0 Å². The van der Waals surface area contributed by atoms with Crippen LogP contribution in [0.3, 0.4) is 0 Å². The number of nitrogens with two attached hydrogens (primary N) is 1. The molecule has 0 fully saturated rings. The van der Waals surface area contributed by atoms with Crippen molar-refractivity contribution in [1.82, 2.24) is 4.98 Å². The first kappa shape index (κ1) is 12.6. The summed E-state index contributed by atoms with van der Waals surface area (Å²) in [6, 6.07) is 8.95. The molecule has 0 aliphatic rings. The van der Waals surface area contributed by atoms with Gasteiger partial charge in [-0.1, -0.05) is 6.07 Å². The number of pyridine rings is 1. The van der Waals surface area contributed by atoms with Crippen LogP contribution >= 0.6 is 0 Å². The minimum atomic E-state index is -0.569. The number of benzene rings is 1. The lowest BCUT2D eigenvalue weighted by molar-refractivity contribution is 0.0996. The summed E-state index contributed by atoms with van der Waals surface area (Å²) in [5, 5.41) is 2.60. The van der Waals surface area contributed by atoms with Crippen molar-refractivity contribution in [2.75, 3.05) is 5.32 Å². The molecule has 0 aliphatic carbocycles. The van der Waals surface area contributed by atoms with Gasteiger partial charge in [0.2, 0.25) is 11.5 Å². The fraction of sp³-hybridized carbons (Fsp3) is 0. The molecule has 19 heavy (non-hydrogen) atoms. The van der Waals surface area contributed by atoms with E-state index in [9.17, 15) is 14.4 Å². The summed E-state index contributed by atoms with van der Waals surface area (Å²) in [6.07, 6.45) is 1.32. The second-order valence-electron chi connectivity index (χ2n) is 3.84. The third-order valence-corrected chi connectivity index (χ3v) is 2.45. The summed E-state index contributed by atoms with van der Waals surface area (Å²) in [5.41, 5.74) is 5.93. The number of hydrogen-bond acceptors (Lipinski definition) is 3. The van der Waals surface area contributed by atoms with Crippen molar-refractivity contribution in [3.05, 3.63) is 64.1 Å². The lowest BCUT2D eigenvalue weighted by Crippen LogP contribution is -2.15. The predicted molar refractivity (Wildman–Crippen MR) is 70.0 cm³/mol. The molecule has 0 saturated heterocycles. The fourth-order valence-corrected chi connectivity index (χ4v) is 1.51. The molecule has 0 aliphatic heterocycles. The summed E-state index contributed by atoms with van der Waals surface area (Å²) < 4.78 is 0. The summed E-state index contributed by atoms with van der Waals surface area (Å²) in [6.45, 7) is 0. The number of anilines is 1. The van der Waals surface area contributed by atoms with Crippen LogP contribution in [0.1, 0.15) is 20.7 Å². The average molecular weight is 257 g/mol. The van der Waals surface area contributed by atoms with Gasteiger partial charge in [-0.2, -0.15) is 0 Å². The number of aromatic amines is 1. The van der Waals surface area contributed by atoms with Crippen LogP contribution in [0.15, 0.2) is 47.4 Å². The van der Waals surface area contributed by atoms with Crippen molar-refractivity contribution in [2.45, 2.75) is 0 Å². The topological polar surface area (TPSA) is 105 Å². The van der Waals surface area contributed by atoms with E-state index in [1.54, 1.807) is 18.2 Å². The highest BCUT2D eigenvalue weighted by molar-refractivity contribution is 6.04. The Hall–Kier alpha value is -2.89. The van der Waals surface area contributed by atoms with Crippen LogP contribution in [-0.4, -0.2) is 16.8 Å². The van der Waals surface area contributed by atoms with E-state index in [1.807, 2.05) is 0 Å². The van der Waals surface area contributed by atoms with E-state index in [4.69, 9.17) is 5.73 Å². The van der Waals surface area contributed by atoms with Gasteiger partial charge in [0, 0.05) is 23.5 Å². The molecule has 0 atom stereocenters. The average Bonchev–Trinajstić information content (AvgIpc) is 2.39. The Bertz CT molecular complexity index is 671. The highest BCUT2D eigenvalue weighted by Gasteiger charge is 2.07. The minimum absolute atomic E-state index is 0.285. The fourth-order valence-electron chi connectivity index (χ4n) is 1.51. The monoisotopic (exact) mass is 257 g/mol. The molecular formula is C13H11N3O3. The summed E-state index contributed by atoms with van der Waals surface area (Å²) in [4.78, 5) is 36.2. The molecule has 0 spiro atoms. The van der Waals surface area contributed by atoms with E-state index >= 15 is 0 Å². The maximum atomic E-state index is 11.9. The molecular weight excluding hydrogens is 246 g/mol. The van der Waals surface area contributed by atoms with E-state index in [0.29, 0.717) is 16.8 Å². The van der Waals surface area contributed by atoms with Gasteiger partial charge in [-0.15, -0.1) is 0 Å². The van der Waals surface area contributed by atoms with Crippen molar-refractivity contribution in [3.8, 4) is 0 Å². The summed E-state index contributed by atoms with van der Waals surface area (Å²) in [7, 11) is 0. The second kappa shape index (κ2) is 5.18. The van der Waals surface area contributed by atoms with Gasteiger partial charge in [0.05, 0.1) is 5.56 Å². The molecule has 0 bridgehead atoms. The van der Waals surface area contributed by atoms with Crippen LogP contribution in [-0.2, 0) is 0 Å². The number of nitrogens with one attached hydrogen (secondary N) is 2. The molecule has 6 heteroatoms. The quantitative estimate of drug-likeness (QED) is 0.754. The molecule has 2 amide bonds. The number of amides is 2. The number of rotatable bonds is 3. The van der Waals surface area contributed by atoms with Gasteiger partial charge >= 0.3 is 0 Å². The minimum Gasteiger partial charge on any atom is -0.366 e. The Kier molecular flexibility index (Phi) is 3.42. The van der Waals surface area contributed by atoms with Crippen LogP contribution < -0.4 is 16.6 Å². The highest BCUT2D eigenvalue weighted by Crippen LogP contribution is 2.11. The summed E-state index contributed by atoms with van der Waals surface area (Å²) >= 11 is 0. The standard InChI is InChI=1S/C13H11N3O3/c14-12(18)8-2-1-3-10(6-8)16-13(19)9-4-5-11(17)15-7-9/h1-7H,(H2,14,18)(H,15,17)(H,16,19). The number of carbonyl (C=O) groups is 2. The first-order valence-corrected chi connectivity index (χ1v) is 5.46. The van der Waals surface area contributed by atoms with Gasteiger partial charge in [-0.3, -0.25) is 14.4 Å². The Morgan fingerprint density at radius 1 is 1.11 bits per heavy atom. The largest absolute Gasteiger partial charge is 0.366 e.